The number of ketones is 1. The van der Waals surface area contributed by atoms with Crippen molar-refractivity contribution in [2.24, 2.45) is 50.2 Å². The van der Waals surface area contributed by atoms with Crippen molar-refractivity contribution in [1.29, 1.82) is 0 Å². The number of amides is 1. The zero-order chi connectivity index (χ0) is 33.7. The van der Waals surface area contributed by atoms with Crippen LogP contribution in [0.2, 0.25) is 0 Å². The van der Waals surface area contributed by atoms with Crippen molar-refractivity contribution in [3.8, 4) is 0 Å². The van der Waals surface area contributed by atoms with E-state index < -0.39 is 10.3 Å². The van der Waals surface area contributed by atoms with Crippen LogP contribution >= 0.6 is 0 Å². The van der Waals surface area contributed by atoms with Crippen molar-refractivity contribution in [2.45, 2.75) is 119 Å². The Morgan fingerprint density at radius 2 is 1.61 bits per heavy atom. The molecular formula is C38H52N2O6. The molecule has 1 aromatic rings. The number of esters is 1. The number of nitro benzene ring substituents is 1. The minimum absolute atomic E-state index is 0.0153. The van der Waals surface area contributed by atoms with Crippen LogP contribution in [0.4, 0.5) is 11.4 Å². The zero-order valence-corrected chi connectivity index (χ0v) is 29.0. The molecule has 0 aliphatic heterocycles. The first-order chi connectivity index (χ1) is 21.3. The molecule has 4 fully saturated rings. The minimum atomic E-state index is -0.726. The van der Waals surface area contributed by atoms with Crippen molar-refractivity contribution in [2.75, 3.05) is 5.32 Å². The number of hydrogen-bond acceptors (Lipinski definition) is 6. The van der Waals surface area contributed by atoms with Gasteiger partial charge in [-0.15, -0.1) is 0 Å². The van der Waals surface area contributed by atoms with E-state index in [1.807, 2.05) is 13.0 Å². The van der Waals surface area contributed by atoms with Crippen LogP contribution in [0, 0.1) is 60.4 Å². The highest BCUT2D eigenvalue weighted by Crippen LogP contribution is 2.75. The molecule has 1 N–H and O–H groups in total. The first-order valence-corrected chi connectivity index (χ1v) is 17.3. The van der Waals surface area contributed by atoms with Crippen LogP contribution < -0.4 is 5.32 Å². The van der Waals surface area contributed by atoms with Crippen LogP contribution in [-0.2, 0) is 19.1 Å². The van der Waals surface area contributed by atoms with Gasteiger partial charge in [0.05, 0.1) is 4.92 Å². The topological polar surface area (TPSA) is 116 Å². The van der Waals surface area contributed by atoms with E-state index in [1.54, 1.807) is 18.2 Å². The summed E-state index contributed by atoms with van der Waals surface area (Å²) in [5.41, 5.74) is -0.263. The highest BCUT2D eigenvalue weighted by molar-refractivity contribution is 5.98. The Labute approximate surface area is 273 Å². The predicted molar refractivity (Wildman–Crippen MR) is 177 cm³/mol. The van der Waals surface area contributed by atoms with E-state index in [4.69, 9.17) is 4.74 Å². The predicted octanol–water partition coefficient (Wildman–Crippen LogP) is 8.45. The number of carbonyl (C=O) groups excluding carboxylic acids is 3. The summed E-state index contributed by atoms with van der Waals surface area (Å²) in [6.45, 7) is 17.4. The second kappa shape index (κ2) is 10.5. The third-order valence-corrected chi connectivity index (χ3v) is 14.7. The molecule has 0 unspecified atom stereocenters. The molecule has 9 atom stereocenters. The van der Waals surface area contributed by atoms with E-state index in [0.717, 1.165) is 44.9 Å². The number of nitro groups is 1. The monoisotopic (exact) mass is 632 g/mol. The van der Waals surface area contributed by atoms with Gasteiger partial charge in [0.2, 0.25) is 5.91 Å². The summed E-state index contributed by atoms with van der Waals surface area (Å²) in [6.07, 6.45) is 9.65. The van der Waals surface area contributed by atoms with E-state index in [1.165, 1.54) is 18.6 Å². The Balaban J connectivity index is 1.35. The van der Waals surface area contributed by atoms with E-state index >= 15 is 0 Å². The third-order valence-electron chi connectivity index (χ3n) is 14.7. The number of carbonyl (C=O) groups is 3. The molecule has 8 heteroatoms. The normalized spacial score (nSPS) is 42.7. The van der Waals surface area contributed by atoms with E-state index in [-0.39, 0.29) is 80.0 Å². The van der Waals surface area contributed by atoms with Crippen LogP contribution in [0.5, 0.6) is 0 Å². The van der Waals surface area contributed by atoms with Crippen LogP contribution in [-0.4, -0.2) is 28.7 Å². The number of rotatable bonds is 4. The fourth-order valence-electron chi connectivity index (χ4n) is 11.8. The van der Waals surface area contributed by atoms with Crippen molar-refractivity contribution >= 4 is 29.0 Å². The Morgan fingerprint density at radius 1 is 0.935 bits per heavy atom. The Bertz CT molecular complexity index is 1530. The van der Waals surface area contributed by atoms with Crippen molar-refractivity contribution in [3.63, 3.8) is 0 Å². The fraction of sp³-hybridized carbons (Fsp3) is 0.711. The van der Waals surface area contributed by atoms with E-state index in [9.17, 15) is 24.5 Å². The minimum Gasteiger partial charge on any atom is -0.462 e. The molecule has 46 heavy (non-hydrogen) atoms. The Hall–Kier alpha value is -3.03. The lowest BCUT2D eigenvalue weighted by molar-refractivity contribution is -0.383. The average molecular weight is 633 g/mol. The Morgan fingerprint density at radius 3 is 2.28 bits per heavy atom. The summed E-state index contributed by atoms with van der Waals surface area (Å²) >= 11 is 0. The second-order valence-corrected chi connectivity index (χ2v) is 17.4. The molecule has 8 nitrogen and oxygen atoms in total. The molecule has 6 rings (SSSR count). The number of anilines is 1. The fourth-order valence-corrected chi connectivity index (χ4v) is 11.8. The molecule has 0 radical (unpaired) electrons. The molecule has 5 aliphatic carbocycles. The van der Waals surface area contributed by atoms with Crippen molar-refractivity contribution < 1.29 is 24.0 Å². The van der Waals surface area contributed by atoms with Gasteiger partial charge >= 0.3 is 5.97 Å². The number of hydrogen-bond donors (Lipinski definition) is 1. The van der Waals surface area contributed by atoms with Crippen LogP contribution in [0.3, 0.4) is 0 Å². The maximum absolute atomic E-state index is 14.7. The van der Waals surface area contributed by atoms with Gasteiger partial charge in [0.25, 0.3) is 5.69 Å². The number of para-hydroxylation sites is 2. The zero-order valence-electron chi connectivity index (χ0n) is 29.0. The molecular weight excluding hydrogens is 580 g/mol. The first-order valence-electron chi connectivity index (χ1n) is 17.3. The molecule has 0 saturated heterocycles. The van der Waals surface area contributed by atoms with Gasteiger partial charge in [-0.05, 0) is 103 Å². The summed E-state index contributed by atoms with van der Waals surface area (Å²) in [5.74, 6) is 0.0107. The third kappa shape index (κ3) is 4.55. The lowest BCUT2D eigenvalue weighted by Gasteiger charge is -2.70. The number of fused-ring (bicyclic) bond motifs is 7. The van der Waals surface area contributed by atoms with Crippen LogP contribution in [0.25, 0.3) is 0 Å². The van der Waals surface area contributed by atoms with Gasteiger partial charge < -0.3 is 10.1 Å². The van der Waals surface area contributed by atoms with Crippen molar-refractivity contribution in [1.82, 2.24) is 0 Å². The van der Waals surface area contributed by atoms with Gasteiger partial charge in [-0.25, -0.2) is 0 Å². The standard InChI is InChI=1S/C38H52N2O6/c1-23(41)46-30-14-15-36(6)29(33(30,2)3)13-16-38(8)31(36)28(42)21-24-25-22-35(5,18-17-34(25,4)19-20-37(24,38)7)32(43)39-26-11-9-10-12-27(26)40(44)45/h9-12,21,25,29-31H,13-20,22H2,1-8H3,(H,39,43)/t25-,29-,30+,31-,34-,35+,36-,37+,38-/m1/s1. The summed E-state index contributed by atoms with van der Waals surface area (Å²) < 4.78 is 5.86. The first kappa shape index (κ1) is 32.9. The SMILES string of the molecule is CC(=O)O[C@H]1CC[C@]2(C)[C@H](CC[C@]3(C)[C@@H]2C(=O)C=C2[C@H]4C[C@@](C)(C(=O)Nc5ccccc5[N+](=O)[O-])CC[C@]4(C)CC[C@@]23C)C1(C)C. The van der Waals surface area contributed by atoms with E-state index in [0.29, 0.717) is 12.8 Å². The average Bonchev–Trinajstić information content (AvgIpc) is 2.96. The summed E-state index contributed by atoms with van der Waals surface area (Å²) in [6, 6.07) is 6.30. The highest BCUT2D eigenvalue weighted by Gasteiger charge is 2.70. The van der Waals surface area contributed by atoms with Gasteiger partial charge in [0.15, 0.2) is 5.78 Å². The molecule has 0 aromatic heterocycles. The summed E-state index contributed by atoms with van der Waals surface area (Å²) in [7, 11) is 0. The number of nitrogens with one attached hydrogen (secondary N) is 1. The van der Waals surface area contributed by atoms with Gasteiger partial charge in [-0.3, -0.25) is 24.5 Å². The number of nitrogens with zero attached hydrogens (tertiary/aromatic N) is 1. The molecule has 0 spiro atoms. The summed E-state index contributed by atoms with van der Waals surface area (Å²) in [4.78, 5) is 51.8. The number of ether oxygens (including phenoxy) is 1. The van der Waals surface area contributed by atoms with Crippen LogP contribution in [0.1, 0.15) is 113 Å². The van der Waals surface area contributed by atoms with Gasteiger partial charge in [-0.2, -0.15) is 0 Å². The highest BCUT2D eigenvalue weighted by atomic mass is 16.6. The molecule has 1 aromatic carbocycles. The molecule has 0 heterocycles. The van der Waals surface area contributed by atoms with Gasteiger partial charge in [-0.1, -0.05) is 66.2 Å². The lowest BCUT2D eigenvalue weighted by Crippen LogP contribution is -2.66. The Kier molecular flexibility index (Phi) is 7.50. The van der Waals surface area contributed by atoms with Crippen LogP contribution in [0.15, 0.2) is 35.9 Å². The lowest BCUT2D eigenvalue weighted by atomic mass is 9.33. The van der Waals surface area contributed by atoms with Gasteiger partial charge in [0.1, 0.15) is 11.8 Å². The maximum atomic E-state index is 14.7. The van der Waals surface area contributed by atoms with Gasteiger partial charge in [0, 0.05) is 29.7 Å². The largest absolute Gasteiger partial charge is 0.462 e. The quantitative estimate of drug-likeness (QED) is 0.202. The molecule has 5 aliphatic rings. The molecule has 1 amide bonds. The molecule has 4 saturated carbocycles. The van der Waals surface area contributed by atoms with Crippen molar-refractivity contribution in [3.05, 3.63) is 46.0 Å². The number of allylic oxidation sites excluding steroid dienone is 2. The smallest absolute Gasteiger partial charge is 0.302 e. The van der Waals surface area contributed by atoms with E-state index in [2.05, 4.69) is 46.9 Å². The number of benzene rings is 1. The summed E-state index contributed by atoms with van der Waals surface area (Å²) in [5, 5.41) is 14.6. The molecule has 250 valence electrons. The maximum Gasteiger partial charge on any atom is 0.302 e. The molecule has 0 bridgehead atoms. The second-order valence-electron chi connectivity index (χ2n) is 17.4.